The molecule has 0 saturated heterocycles. The van der Waals surface area contributed by atoms with Gasteiger partial charge < -0.3 is 5.11 Å². The Morgan fingerprint density at radius 1 is 1.58 bits per heavy atom. The zero-order chi connectivity index (χ0) is 9.19. The lowest BCUT2D eigenvalue weighted by Crippen LogP contribution is -2.19. The highest BCUT2D eigenvalue weighted by Gasteiger charge is 2.22. The Labute approximate surface area is 72.2 Å². The lowest BCUT2D eigenvalue weighted by atomic mass is 9.86. The van der Waals surface area contributed by atoms with Crippen LogP contribution in [0, 0.1) is 0 Å². The van der Waals surface area contributed by atoms with Gasteiger partial charge in [0, 0.05) is 25.3 Å². The first-order chi connectivity index (χ1) is 5.56. The van der Waals surface area contributed by atoms with Crippen molar-refractivity contribution in [2.75, 3.05) is 6.61 Å². The topological polar surface area (TPSA) is 50.9 Å². The fraction of sp³-hybridized carbons (Fsp3) is 0.750. The van der Waals surface area contributed by atoms with E-state index in [1.54, 1.807) is 4.68 Å². The number of aromatic nitrogens is 3. The summed E-state index contributed by atoms with van der Waals surface area (Å²) in [5, 5.41) is 16.7. The molecule has 1 rings (SSSR count). The van der Waals surface area contributed by atoms with E-state index in [2.05, 4.69) is 10.3 Å². The molecule has 1 heterocycles. The van der Waals surface area contributed by atoms with E-state index in [4.69, 9.17) is 5.11 Å². The van der Waals surface area contributed by atoms with Crippen LogP contribution in [0.15, 0.2) is 6.20 Å². The number of hydrogen-bond donors (Lipinski definition) is 1. The first kappa shape index (κ1) is 9.19. The lowest BCUT2D eigenvalue weighted by Gasteiger charge is -2.19. The average Bonchev–Trinajstić information content (AvgIpc) is 2.36. The van der Waals surface area contributed by atoms with Gasteiger partial charge in [-0.25, -0.2) is 0 Å². The molecule has 0 aliphatic heterocycles. The van der Waals surface area contributed by atoms with Gasteiger partial charge in [-0.05, 0) is 6.42 Å². The largest absolute Gasteiger partial charge is 0.396 e. The number of hydrogen-bond acceptors (Lipinski definition) is 3. The Balaban J connectivity index is 2.81. The summed E-state index contributed by atoms with van der Waals surface area (Å²) in [4.78, 5) is 0. The van der Waals surface area contributed by atoms with Crippen molar-refractivity contribution in [2.45, 2.75) is 25.7 Å². The minimum atomic E-state index is -0.0803. The van der Waals surface area contributed by atoms with Crippen molar-refractivity contribution in [2.24, 2.45) is 7.05 Å². The minimum Gasteiger partial charge on any atom is -0.396 e. The monoisotopic (exact) mass is 169 g/mol. The van der Waals surface area contributed by atoms with Crippen LogP contribution in [0.5, 0.6) is 0 Å². The van der Waals surface area contributed by atoms with Crippen LogP contribution in [-0.4, -0.2) is 26.7 Å². The molecule has 1 aromatic heterocycles. The summed E-state index contributed by atoms with van der Waals surface area (Å²) in [5.74, 6) is 0. The van der Waals surface area contributed by atoms with Crippen molar-refractivity contribution in [1.82, 2.24) is 15.0 Å². The molecule has 0 fully saturated rings. The molecule has 12 heavy (non-hydrogen) atoms. The maximum Gasteiger partial charge on any atom is 0.0883 e. The molecule has 1 aromatic rings. The predicted octanol–water partition coefficient (Wildman–Crippen LogP) is 0.475. The smallest absolute Gasteiger partial charge is 0.0883 e. The van der Waals surface area contributed by atoms with Crippen LogP contribution in [0.4, 0.5) is 0 Å². The van der Waals surface area contributed by atoms with E-state index in [9.17, 15) is 0 Å². The van der Waals surface area contributed by atoms with Gasteiger partial charge in [0.05, 0.1) is 5.69 Å². The third-order valence-electron chi connectivity index (χ3n) is 2.03. The molecular weight excluding hydrogens is 154 g/mol. The highest BCUT2D eigenvalue weighted by atomic mass is 16.3. The maximum atomic E-state index is 8.82. The van der Waals surface area contributed by atoms with E-state index in [0.29, 0.717) is 6.42 Å². The molecule has 4 heteroatoms. The van der Waals surface area contributed by atoms with Gasteiger partial charge >= 0.3 is 0 Å². The first-order valence-corrected chi connectivity index (χ1v) is 4.04. The summed E-state index contributed by atoms with van der Waals surface area (Å²) < 4.78 is 1.68. The van der Waals surface area contributed by atoms with Gasteiger partial charge in [0.1, 0.15) is 0 Å². The number of rotatable bonds is 3. The molecule has 0 aliphatic rings. The third-order valence-corrected chi connectivity index (χ3v) is 2.03. The molecule has 0 unspecified atom stereocenters. The summed E-state index contributed by atoms with van der Waals surface area (Å²) in [5.41, 5.74) is 0.849. The molecule has 0 bridgehead atoms. The van der Waals surface area contributed by atoms with Gasteiger partial charge in [0.15, 0.2) is 0 Å². The van der Waals surface area contributed by atoms with Crippen molar-refractivity contribution in [3.63, 3.8) is 0 Å². The Morgan fingerprint density at radius 2 is 2.25 bits per heavy atom. The molecule has 4 nitrogen and oxygen atoms in total. The Bertz CT molecular complexity index is 255. The number of aliphatic hydroxyl groups is 1. The minimum absolute atomic E-state index is 0.0803. The molecular formula is C8H15N3O. The van der Waals surface area contributed by atoms with Crippen molar-refractivity contribution < 1.29 is 5.11 Å². The molecule has 0 saturated carbocycles. The SMILES string of the molecule is Cn1cc(C(C)(C)CCO)nn1. The quantitative estimate of drug-likeness (QED) is 0.715. The second-order valence-corrected chi connectivity index (χ2v) is 3.63. The Hall–Kier alpha value is -0.900. The number of nitrogens with zero attached hydrogens (tertiary/aromatic N) is 3. The highest BCUT2D eigenvalue weighted by Crippen LogP contribution is 2.23. The zero-order valence-electron chi connectivity index (χ0n) is 7.78. The number of aryl methyl sites for hydroxylation is 1. The summed E-state index contributed by atoms with van der Waals surface area (Å²) in [6, 6.07) is 0. The summed E-state index contributed by atoms with van der Waals surface area (Å²) in [6.07, 6.45) is 2.60. The molecule has 0 aliphatic carbocycles. The molecule has 68 valence electrons. The van der Waals surface area contributed by atoms with Crippen LogP contribution in [-0.2, 0) is 12.5 Å². The molecule has 0 atom stereocenters. The lowest BCUT2D eigenvalue weighted by molar-refractivity contribution is 0.250. The fourth-order valence-electron chi connectivity index (χ4n) is 1.07. The third kappa shape index (κ3) is 1.82. The Kier molecular flexibility index (Phi) is 2.47. The van der Waals surface area contributed by atoms with E-state index < -0.39 is 0 Å². The van der Waals surface area contributed by atoms with E-state index >= 15 is 0 Å². The van der Waals surface area contributed by atoms with E-state index in [0.717, 1.165) is 5.69 Å². The van der Waals surface area contributed by atoms with Gasteiger partial charge in [0.2, 0.25) is 0 Å². The predicted molar refractivity (Wildman–Crippen MR) is 45.7 cm³/mol. The van der Waals surface area contributed by atoms with Gasteiger partial charge in [-0.15, -0.1) is 5.10 Å². The van der Waals surface area contributed by atoms with E-state index in [-0.39, 0.29) is 12.0 Å². The molecule has 0 radical (unpaired) electrons. The summed E-state index contributed by atoms with van der Waals surface area (Å²) in [6.45, 7) is 4.28. The summed E-state index contributed by atoms with van der Waals surface area (Å²) >= 11 is 0. The van der Waals surface area contributed by atoms with Crippen LogP contribution in [0.2, 0.25) is 0 Å². The van der Waals surface area contributed by atoms with Crippen LogP contribution in [0.25, 0.3) is 0 Å². The van der Waals surface area contributed by atoms with Crippen LogP contribution in [0.3, 0.4) is 0 Å². The maximum absolute atomic E-state index is 8.82. The van der Waals surface area contributed by atoms with Crippen LogP contribution >= 0.6 is 0 Å². The van der Waals surface area contributed by atoms with Gasteiger partial charge in [-0.3, -0.25) is 4.68 Å². The van der Waals surface area contributed by atoms with Crippen molar-refractivity contribution in [1.29, 1.82) is 0 Å². The van der Waals surface area contributed by atoms with Crippen LogP contribution in [0.1, 0.15) is 26.0 Å². The number of aliphatic hydroxyl groups excluding tert-OH is 1. The highest BCUT2D eigenvalue weighted by molar-refractivity contribution is 5.08. The molecule has 0 amide bonds. The molecule has 1 N–H and O–H groups in total. The normalized spacial score (nSPS) is 12.0. The molecule has 0 spiro atoms. The second kappa shape index (κ2) is 3.23. The van der Waals surface area contributed by atoms with Crippen molar-refractivity contribution in [3.8, 4) is 0 Å². The summed E-state index contributed by atoms with van der Waals surface area (Å²) in [7, 11) is 1.84. The average molecular weight is 169 g/mol. The van der Waals surface area contributed by atoms with E-state index in [1.807, 2.05) is 27.1 Å². The van der Waals surface area contributed by atoms with Crippen molar-refractivity contribution >= 4 is 0 Å². The fourth-order valence-corrected chi connectivity index (χ4v) is 1.07. The first-order valence-electron chi connectivity index (χ1n) is 4.04. The van der Waals surface area contributed by atoms with E-state index in [1.165, 1.54) is 0 Å². The van der Waals surface area contributed by atoms with Gasteiger partial charge in [0.25, 0.3) is 0 Å². The second-order valence-electron chi connectivity index (χ2n) is 3.63. The standard InChI is InChI=1S/C8H15N3O/c1-8(2,4-5-12)7-6-11(3)10-9-7/h6,12H,4-5H2,1-3H3. The Morgan fingerprint density at radius 3 is 2.67 bits per heavy atom. The van der Waals surface area contributed by atoms with Gasteiger partial charge in [-0.1, -0.05) is 19.1 Å². The molecule has 0 aromatic carbocycles. The van der Waals surface area contributed by atoms with Crippen molar-refractivity contribution in [3.05, 3.63) is 11.9 Å². The van der Waals surface area contributed by atoms with Crippen LogP contribution < -0.4 is 0 Å². The zero-order valence-corrected chi connectivity index (χ0v) is 7.78. The van der Waals surface area contributed by atoms with Gasteiger partial charge in [-0.2, -0.15) is 0 Å².